The first-order valence-corrected chi connectivity index (χ1v) is 7.35. The first-order valence-electron chi connectivity index (χ1n) is 7.35. The zero-order chi connectivity index (χ0) is 17.1. The molecule has 0 radical (unpaired) electrons. The van der Waals surface area contributed by atoms with Gasteiger partial charge in [0.05, 0.1) is 35.0 Å². The molecule has 0 bridgehead atoms. The minimum Gasteiger partial charge on any atom is -0.461 e. The number of nitriles is 1. The average Bonchev–Trinajstić information content (AvgIpc) is 2.61. The van der Waals surface area contributed by atoms with Crippen LogP contribution in [0.4, 0.5) is 0 Å². The predicted octanol–water partition coefficient (Wildman–Crippen LogP) is 2.43. The second-order valence-electron chi connectivity index (χ2n) is 4.97. The molecule has 1 heterocycles. The van der Waals surface area contributed by atoms with Gasteiger partial charge in [-0.2, -0.15) is 5.26 Å². The first-order chi connectivity index (χ1) is 11.7. The summed E-state index contributed by atoms with van der Waals surface area (Å²) in [7, 11) is 0. The fourth-order valence-electron chi connectivity index (χ4n) is 2.43. The van der Waals surface area contributed by atoms with Crippen molar-refractivity contribution in [2.75, 3.05) is 6.61 Å². The molecule has 0 aliphatic rings. The van der Waals surface area contributed by atoms with Gasteiger partial charge in [0.15, 0.2) is 0 Å². The van der Waals surface area contributed by atoms with Crippen LogP contribution in [-0.4, -0.2) is 22.1 Å². The number of esters is 1. The van der Waals surface area contributed by atoms with Gasteiger partial charge >= 0.3 is 5.97 Å². The van der Waals surface area contributed by atoms with E-state index >= 15 is 0 Å². The maximum Gasteiger partial charge on any atom is 0.362 e. The van der Waals surface area contributed by atoms with Crippen molar-refractivity contribution in [1.29, 1.82) is 5.26 Å². The number of carbonyl (C=O) groups excluding carboxylic acids is 1. The van der Waals surface area contributed by atoms with Gasteiger partial charge in [0.25, 0.3) is 5.56 Å². The van der Waals surface area contributed by atoms with Crippen LogP contribution in [0.5, 0.6) is 0 Å². The van der Waals surface area contributed by atoms with Crippen molar-refractivity contribution >= 4 is 17.0 Å². The Hall–Kier alpha value is -3.46. The van der Waals surface area contributed by atoms with Crippen LogP contribution in [-0.2, 0) is 4.74 Å². The Morgan fingerprint density at radius 3 is 2.79 bits per heavy atom. The molecule has 0 N–H and O–H groups in total. The Bertz CT molecular complexity index is 1030. The number of aromatic nitrogens is 2. The van der Waals surface area contributed by atoms with E-state index in [0.717, 1.165) is 0 Å². The van der Waals surface area contributed by atoms with Gasteiger partial charge in [0.1, 0.15) is 0 Å². The number of nitrogens with zero attached hydrogens (tertiary/aromatic N) is 3. The van der Waals surface area contributed by atoms with E-state index in [2.05, 4.69) is 4.98 Å². The summed E-state index contributed by atoms with van der Waals surface area (Å²) in [5.41, 5.74) is 1.08. The lowest BCUT2D eigenvalue weighted by molar-refractivity contribution is 0.0517. The van der Waals surface area contributed by atoms with Crippen molar-refractivity contribution in [3.8, 4) is 11.8 Å². The number of para-hydroxylation sites is 2. The molecule has 0 amide bonds. The molecule has 0 saturated heterocycles. The van der Waals surface area contributed by atoms with Crippen LogP contribution >= 0.6 is 0 Å². The third-order valence-electron chi connectivity index (χ3n) is 3.46. The average molecular weight is 319 g/mol. The van der Waals surface area contributed by atoms with Crippen LogP contribution in [0.3, 0.4) is 0 Å². The molecular formula is C18H13N3O3. The molecule has 2 aromatic carbocycles. The number of hydrogen-bond acceptors (Lipinski definition) is 5. The molecule has 0 fully saturated rings. The van der Waals surface area contributed by atoms with E-state index in [1.165, 1.54) is 4.57 Å². The molecule has 0 aliphatic carbocycles. The molecular weight excluding hydrogens is 306 g/mol. The van der Waals surface area contributed by atoms with Gasteiger partial charge < -0.3 is 4.74 Å². The minimum absolute atomic E-state index is 0.150. The van der Waals surface area contributed by atoms with Crippen LogP contribution in [0, 0.1) is 11.3 Å². The van der Waals surface area contributed by atoms with Crippen molar-refractivity contribution < 1.29 is 9.53 Å². The van der Waals surface area contributed by atoms with Crippen molar-refractivity contribution in [3.63, 3.8) is 0 Å². The van der Waals surface area contributed by atoms with Gasteiger partial charge in [0, 0.05) is 0 Å². The highest BCUT2D eigenvalue weighted by atomic mass is 16.5. The highest BCUT2D eigenvalue weighted by Gasteiger charge is 2.19. The maximum absolute atomic E-state index is 12.8. The molecule has 118 valence electrons. The first kappa shape index (κ1) is 15.4. The number of hydrogen-bond donors (Lipinski definition) is 0. The number of fused-ring (bicyclic) bond motifs is 1. The highest BCUT2D eigenvalue weighted by Crippen LogP contribution is 2.16. The van der Waals surface area contributed by atoms with Gasteiger partial charge in [-0.3, -0.25) is 9.36 Å². The maximum atomic E-state index is 12.8. The van der Waals surface area contributed by atoms with Crippen molar-refractivity contribution in [1.82, 2.24) is 9.55 Å². The predicted molar refractivity (Wildman–Crippen MR) is 88.0 cm³/mol. The lowest BCUT2D eigenvalue weighted by Crippen LogP contribution is -2.28. The fraction of sp³-hybridized carbons (Fsp3) is 0.111. The fourth-order valence-corrected chi connectivity index (χ4v) is 2.43. The monoisotopic (exact) mass is 319 g/mol. The third kappa shape index (κ3) is 2.63. The van der Waals surface area contributed by atoms with Crippen LogP contribution in [0.15, 0.2) is 53.3 Å². The molecule has 1 aromatic heterocycles. The van der Waals surface area contributed by atoms with Crippen molar-refractivity contribution in [3.05, 3.63) is 70.1 Å². The van der Waals surface area contributed by atoms with Crippen LogP contribution in [0.2, 0.25) is 0 Å². The van der Waals surface area contributed by atoms with E-state index in [4.69, 9.17) is 10.00 Å². The molecule has 3 aromatic rings. The molecule has 0 saturated carbocycles. The van der Waals surface area contributed by atoms with Gasteiger partial charge in [-0.1, -0.05) is 18.2 Å². The van der Waals surface area contributed by atoms with Gasteiger partial charge in [0.2, 0.25) is 5.69 Å². The zero-order valence-electron chi connectivity index (χ0n) is 12.9. The topological polar surface area (TPSA) is 85.0 Å². The zero-order valence-corrected chi connectivity index (χ0v) is 12.9. The van der Waals surface area contributed by atoms with Gasteiger partial charge in [-0.15, -0.1) is 0 Å². The lowest BCUT2D eigenvalue weighted by Gasteiger charge is -2.12. The van der Waals surface area contributed by atoms with E-state index < -0.39 is 11.5 Å². The molecule has 6 nitrogen and oxygen atoms in total. The van der Waals surface area contributed by atoms with Gasteiger partial charge in [-0.25, -0.2) is 9.78 Å². The van der Waals surface area contributed by atoms with E-state index in [1.807, 2.05) is 6.07 Å². The Labute approximate surface area is 137 Å². The molecule has 0 unspecified atom stereocenters. The Kier molecular flexibility index (Phi) is 4.08. The number of benzene rings is 2. The van der Waals surface area contributed by atoms with Crippen LogP contribution in [0.25, 0.3) is 16.7 Å². The SMILES string of the molecule is CCOC(=O)c1nc2ccccc2n(-c2cccc(C#N)c2)c1=O. The van der Waals surface area contributed by atoms with Gasteiger partial charge in [-0.05, 0) is 37.3 Å². The number of rotatable bonds is 3. The highest BCUT2D eigenvalue weighted by molar-refractivity contribution is 5.90. The summed E-state index contributed by atoms with van der Waals surface area (Å²) in [5, 5.41) is 9.08. The van der Waals surface area contributed by atoms with Crippen molar-refractivity contribution in [2.45, 2.75) is 6.92 Å². The van der Waals surface area contributed by atoms with E-state index in [1.54, 1.807) is 55.5 Å². The van der Waals surface area contributed by atoms with E-state index in [9.17, 15) is 9.59 Å². The Balaban J connectivity index is 2.37. The summed E-state index contributed by atoms with van der Waals surface area (Å²) in [6.45, 7) is 1.81. The molecule has 24 heavy (non-hydrogen) atoms. The lowest BCUT2D eigenvalue weighted by atomic mass is 10.2. The smallest absolute Gasteiger partial charge is 0.362 e. The third-order valence-corrected chi connectivity index (χ3v) is 3.46. The molecule has 0 spiro atoms. The summed E-state index contributed by atoms with van der Waals surface area (Å²) < 4.78 is 6.30. The normalized spacial score (nSPS) is 10.3. The summed E-state index contributed by atoms with van der Waals surface area (Å²) in [6.07, 6.45) is 0. The summed E-state index contributed by atoms with van der Waals surface area (Å²) in [6, 6.07) is 15.6. The summed E-state index contributed by atoms with van der Waals surface area (Å²) >= 11 is 0. The largest absolute Gasteiger partial charge is 0.461 e. The van der Waals surface area contributed by atoms with E-state index in [-0.39, 0.29) is 12.3 Å². The summed E-state index contributed by atoms with van der Waals surface area (Å²) in [4.78, 5) is 29.0. The number of carbonyl (C=O) groups is 1. The van der Waals surface area contributed by atoms with Crippen molar-refractivity contribution in [2.24, 2.45) is 0 Å². The Morgan fingerprint density at radius 2 is 2.04 bits per heavy atom. The number of ether oxygens (including phenoxy) is 1. The molecule has 6 heteroatoms. The molecule has 0 aliphatic heterocycles. The quantitative estimate of drug-likeness (QED) is 0.692. The Morgan fingerprint density at radius 1 is 1.25 bits per heavy atom. The second kappa shape index (κ2) is 6.34. The standard InChI is InChI=1S/C18H13N3O3/c1-2-24-18(23)16-17(22)21(13-7-5-6-12(10-13)11-19)15-9-4-3-8-14(15)20-16/h3-10H,2H2,1H3. The minimum atomic E-state index is -0.765. The van der Waals surface area contributed by atoms with Crippen LogP contribution < -0.4 is 5.56 Å². The second-order valence-corrected chi connectivity index (χ2v) is 4.97. The summed E-state index contributed by atoms with van der Waals surface area (Å²) in [5.74, 6) is -0.765. The molecule has 3 rings (SSSR count). The van der Waals surface area contributed by atoms with E-state index in [0.29, 0.717) is 22.3 Å². The van der Waals surface area contributed by atoms with Crippen LogP contribution in [0.1, 0.15) is 23.0 Å². The molecule has 0 atom stereocenters.